The smallest absolute Gasteiger partial charge is 0.208 e. The van der Waals surface area contributed by atoms with Gasteiger partial charge in [0.1, 0.15) is 0 Å². The van der Waals surface area contributed by atoms with Gasteiger partial charge in [0.15, 0.2) is 0 Å². The molecule has 0 fully saturated rings. The van der Waals surface area contributed by atoms with E-state index in [2.05, 4.69) is 41.5 Å². The molecule has 2 aromatic carbocycles. The van der Waals surface area contributed by atoms with Crippen LogP contribution in [0.15, 0.2) is 41.5 Å². The van der Waals surface area contributed by atoms with Crippen LogP contribution in [0.25, 0.3) is 21.0 Å². The van der Waals surface area contributed by atoms with Crippen LogP contribution in [0.3, 0.4) is 0 Å². The van der Waals surface area contributed by atoms with E-state index in [1.165, 1.54) is 21.0 Å². The molecule has 4 heteroatoms. The maximum absolute atomic E-state index is 5.37. The van der Waals surface area contributed by atoms with Crippen LogP contribution < -0.4 is 10.6 Å². The Balaban J connectivity index is 2.64. The van der Waals surface area contributed by atoms with Crippen molar-refractivity contribution in [1.29, 1.82) is 0 Å². The minimum absolute atomic E-state index is 0.839. The highest BCUT2D eigenvalue weighted by atomic mass is 32.1. The van der Waals surface area contributed by atoms with Gasteiger partial charge < -0.3 is 10.4 Å². The Morgan fingerprint density at radius 3 is 2.81 bits per heavy atom. The number of nitrogens with zero attached hydrogens (tertiary/aromatic N) is 2. The standard InChI is InChI=1S/C12H11N3S/c1-15-11-9-5-3-2-4-8(9)6-7-10(11)16-12(15)14-13/h2-7H,13H2,1H3. The van der Waals surface area contributed by atoms with Crippen LogP contribution >= 0.6 is 11.3 Å². The maximum Gasteiger partial charge on any atom is 0.208 e. The predicted octanol–water partition coefficient (Wildman–Crippen LogP) is 2.17. The summed E-state index contributed by atoms with van der Waals surface area (Å²) in [6, 6.07) is 12.6. The summed E-state index contributed by atoms with van der Waals surface area (Å²) in [4.78, 5) is 0.839. The first kappa shape index (κ1) is 9.42. The summed E-state index contributed by atoms with van der Waals surface area (Å²) in [6.07, 6.45) is 0. The van der Waals surface area contributed by atoms with E-state index in [-0.39, 0.29) is 0 Å². The van der Waals surface area contributed by atoms with Gasteiger partial charge in [-0.25, -0.2) is 0 Å². The van der Waals surface area contributed by atoms with Crippen LogP contribution in [0.5, 0.6) is 0 Å². The monoisotopic (exact) mass is 229 g/mol. The molecule has 0 saturated heterocycles. The molecule has 0 radical (unpaired) electrons. The first-order valence-corrected chi connectivity index (χ1v) is 5.84. The summed E-state index contributed by atoms with van der Waals surface area (Å²) in [5, 5.41) is 6.28. The van der Waals surface area contributed by atoms with Gasteiger partial charge in [-0.3, -0.25) is 0 Å². The fourth-order valence-corrected chi connectivity index (χ4v) is 3.00. The van der Waals surface area contributed by atoms with Gasteiger partial charge in [-0.05, 0) is 11.5 Å². The summed E-state index contributed by atoms with van der Waals surface area (Å²) in [6.45, 7) is 0. The molecular weight excluding hydrogens is 218 g/mol. The Hall–Kier alpha value is -1.81. The molecule has 0 aliphatic rings. The van der Waals surface area contributed by atoms with Crippen molar-refractivity contribution in [2.45, 2.75) is 0 Å². The SMILES string of the molecule is Cn1c(=NN)sc2ccc3ccccc3c21. The number of hydrogen-bond acceptors (Lipinski definition) is 3. The Morgan fingerprint density at radius 1 is 1.19 bits per heavy atom. The van der Waals surface area contributed by atoms with E-state index >= 15 is 0 Å². The Bertz CT molecular complexity index is 737. The predicted molar refractivity (Wildman–Crippen MR) is 68.1 cm³/mol. The van der Waals surface area contributed by atoms with Crippen molar-refractivity contribution < 1.29 is 0 Å². The van der Waals surface area contributed by atoms with Crippen LogP contribution in [0, 0.1) is 0 Å². The topological polar surface area (TPSA) is 43.3 Å². The summed E-state index contributed by atoms with van der Waals surface area (Å²) in [7, 11) is 2.00. The number of aromatic nitrogens is 1. The lowest BCUT2D eigenvalue weighted by Crippen LogP contribution is -2.12. The number of nitrogens with two attached hydrogens (primary N) is 1. The van der Waals surface area contributed by atoms with Crippen LogP contribution in [0.4, 0.5) is 0 Å². The van der Waals surface area contributed by atoms with Crippen molar-refractivity contribution in [3.63, 3.8) is 0 Å². The fraction of sp³-hybridized carbons (Fsp3) is 0.0833. The maximum atomic E-state index is 5.37. The van der Waals surface area contributed by atoms with Gasteiger partial charge in [0, 0.05) is 12.4 Å². The highest BCUT2D eigenvalue weighted by Gasteiger charge is 2.06. The number of fused-ring (bicyclic) bond motifs is 3. The summed E-state index contributed by atoms with van der Waals surface area (Å²) in [5.74, 6) is 5.37. The zero-order chi connectivity index (χ0) is 11.1. The molecule has 3 aromatic rings. The normalized spacial score (nSPS) is 12.7. The van der Waals surface area contributed by atoms with Gasteiger partial charge in [-0.15, -0.1) is 0 Å². The molecule has 3 nitrogen and oxygen atoms in total. The second-order valence-corrected chi connectivity index (χ2v) is 4.72. The molecule has 1 aromatic heterocycles. The lowest BCUT2D eigenvalue weighted by Gasteiger charge is -2.01. The quantitative estimate of drug-likeness (QED) is 0.466. The second-order valence-electron chi connectivity index (χ2n) is 3.71. The molecule has 0 amide bonds. The van der Waals surface area contributed by atoms with E-state index in [1.54, 1.807) is 11.3 Å². The number of thiazole rings is 1. The van der Waals surface area contributed by atoms with E-state index in [1.807, 2.05) is 11.6 Å². The van der Waals surface area contributed by atoms with E-state index in [0.717, 1.165) is 4.80 Å². The van der Waals surface area contributed by atoms with E-state index in [0.29, 0.717) is 0 Å². The van der Waals surface area contributed by atoms with Crippen LogP contribution in [-0.2, 0) is 7.05 Å². The minimum atomic E-state index is 0.839. The summed E-state index contributed by atoms with van der Waals surface area (Å²) < 4.78 is 3.26. The van der Waals surface area contributed by atoms with Gasteiger partial charge in [0.25, 0.3) is 0 Å². The van der Waals surface area contributed by atoms with E-state index < -0.39 is 0 Å². The average Bonchev–Trinajstić information content (AvgIpc) is 2.66. The molecule has 80 valence electrons. The van der Waals surface area contributed by atoms with Gasteiger partial charge in [0.05, 0.1) is 10.2 Å². The lowest BCUT2D eigenvalue weighted by atomic mass is 10.1. The van der Waals surface area contributed by atoms with Crippen molar-refractivity contribution in [3.8, 4) is 0 Å². The summed E-state index contributed by atoms with van der Waals surface area (Å²) >= 11 is 1.61. The first-order chi connectivity index (χ1) is 7.81. The molecule has 1 heterocycles. The third-order valence-corrected chi connectivity index (χ3v) is 3.91. The second kappa shape index (κ2) is 3.35. The Kier molecular flexibility index (Phi) is 1.97. The molecule has 0 saturated carbocycles. The number of aryl methyl sites for hydroxylation is 1. The molecule has 0 atom stereocenters. The van der Waals surface area contributed by atoms with Crippen LogP contribution in [0.2, 0.25) is 0 Å². The van der Waals surface area contributed by atoms with Crippen molar-refractivity contribution >= 4 is 32.3 Å². The molecule has 0 unspecified atom stereocenters. The highest BCUT2D eigenvalue weighted by molar-refractivity contribution is 7.16. The number of hydrogen-bond donors (Lipinski definition) is 1. The van der Waals surface area contributed by atoms with E-state index in [4.69, 9.17) is 5.84 Å². The van der Waals surface area contributed by atoms with E-state index in [9.17, 15) is 0 Å². The van der Waals surface area contributed by atoms with Gasteiger partial charge >= 0.3 is 0 Å². The molecule has 0 aliphatic heterocycles. The Morgan fingerprint density at radius 2 is 2.00 bits per heavy atom. The fourth-order valence-electron chi connectivity index (χ4n) is 2.04. The summed E-state index contributed by atoms with van der Waals surface area (Å²) in [5.41, 5.74) is 1.20. The molecule has 2 N–H and O–H groups in total. The molecule has 16 heavy (non-hydrogen) atoms. The average molecular weight is 229 g/mol. The minimum Gasteiger partial charge on any atom is -0.320 e. The molecule has 0 aliphatic carbocycles. The molecule has 3 rings (SSSR count). The molecular formula is C12H11N3S. The third kappa shape index (κ3) is 1.17. The first-order valence-electron chi connectivity index (χ1n) is 5.02. The van der Waals surface area contributed by atoms with Gasteiger partial charge in [0.2, 0.25) is 4.80 Å². The number of benzene rings is 2. The molecule has 0 spiro atoms. The largest absolute Gasteiger partial charge is 0.320 e. The number of rotatable bonds is 0. The third-order valence-electron chi connectivity index (χ3n) is 2.80. The highest BCUT2D eigenvalue weighted by Crippen LogP contribution is 2.26. The van der Waals surface area contributed by atoms with Gasteiger partial charge in [-0.1, -0.05) is 41.7 Å². The van der Waals surface area contributed by atoms with Crippen molar-refractivity contribution in [3.05, 3.63) is 41.2 Å². The van der Waals surface area contributed by atoms with Crippen molar-refractivity contribution in [2.75, 3.05) is 0 Å². The van der Waals surface area contributed by atoms with Crippen LogP contribution in [0.1, 0.15) is 0 Å². The van der Waals surface area contributed by atoms with Crippen molar-refractivity contribution in [2.24, 2.45) is 18.0 Å². The van der Waals surface area contributed by atoms with Crippen LogP contribution in [-0.4, -0.2) is 4.57 Å². The van der Waals surface area contributed by atoms with Gasteiger partial charge in [-0.2, -0.15) is 5.10 Å². The lowest BCUT2D eigenvalue weighted by molar-refractivity contribution is 0.891. The zero-order valence-electron chi connectivity index (χ0n) is 8.84. The Labute approximate surface area is 96.4 Å². The molecule has 0 bridgehead atoms. The van der Waals surface area contributed by atoms with Crippen molar-refractivity contribution in [1.82, 2.24) is 4.57 Å². The zero-order valence-corrected chi connectivity index (χ0v) is 9.66.